The van der Waals surface area contributed by atoms with Crippen molar-refractivity contribution in [3.8, 4) is 0 Å². The van der Waals surface area contributed by atoms with E-state index in [2.05, 4.69) is 32.6 Å². The van der Waals surface area contributed by atoms with Crippen molar-refractivity contribution in [1.29, 1.82) is 0 Å². The third-order valence-electron chi connectivity index (χ3n) is 13.9. The number of hydrogen-bond donors (Lipinski definition) is 0. The zero-order valence-corrected chi connectivity index (χ0v) is 47.0. The summed E-state index contributed by atoms with van der Waals surface area (Å²) in [5.41, 5.74) is 0. The van der Waals surface area contributed by atoms with Crippen LogP contribution in [0.25, 0.3) is 0 Å². The average Bonchev–Trinajstić information content (AvgIpc) is 3.64. The minimum Gasteiger partial charge on any atom is -0.465 e. The van der Waals surface area contributed by atoms with E-state index < -0.39 is 66.0 Å². The second-order valence-electron chi connectivity index (χ2n) is 21.2. The summed E-state index contributed by atoms with van der Waals surface area (Å²) in [5, 5.41) is 0. The standard InChI is InChI=1S/C58H102N2O14/c1-6-10-14-18-22-26-33-52(61)68-43-47(44-69-53(62)34-27-23-19-15-11-7-2)38-56(65)73-50-41-60(58(67)72-49-32-30-31-37-59(5)40-49)42-51(50)74-57(66)39-48(45-70-54(63)35-28-24-20-16-12-8-3)46-71-55(64)36-29-25-21-17-13-9-4/h47-51H,6-46H2,1-5H3/t49?,50-,51-/m0/s1. The Balaban J connectivity index is 2.21. The Morgan fingerprint density at radius 3 is 1.07 bits per heavy atom. The van der Waals surface area contributed by atoms with Gasteiger partial charge >= 0.3 is 41.9 Å². The first-order valence-electron chi connectivity index (χ1n) is 29.5. The maximum atomic E-state index is 13.9. The molecule has 0 N–H and O–H groups in total. The predicted molar refractivity (Wildman–Crippen MR) is 285 cm³/mol. The van der Waals surface area contributed by atoms with Gasteiger partial charge in [0.1, 0.15) is 6.10 Å². The highest BCUT2D eigenvalue weighted by molar-refractivity contribution is 5.74. The topological polar surface area (TPSA) is 191 Å². The van der Waals surface area contributed by atoms with Crippen LogP contribution in [0.5, 0.6) is 0 Å². The zero-order valence-electron chi connectivity index (χ0n) is 47.0. The van der Waals surface area contributed by atoms with E-state index in [-0.39, 0.29) is 84.1 Å². The van der Waals surface area contributed by atoms with E-state index in [0.717, 1.165) is 148 Å². The van der Waals surface area contributed by atoms with Crippen LogP contribution in [0, 0.1) is 11.8 Å². The van der Waals surface area contributed by atoms with Crippen molar-refractivity contribution >= 4 is 41.9 Å². The first-order valence-corrected chi connectivity index (χ1v) is 29.5. The van der Waals surface area contributed by atoms with Crippen molar-refractivity contribution < 1.29 is 66.7 Å². The van der Waals surface area contributed by atoms with Crippen LogP contribution in [0.15, 0.2) is 0 Å². The molecule has 74 heavy (non-hydrogen) atoms. The van der Waals surface area contributed by atoms with Gasteiger partial charge in [-0.05, 0) is 58.5 Å². The van der Waals surface area contributed by atoms with E-state index in [1.165, 1.54) is 4.90 Å². The first kappa shape index (κ1) is 66.2. The Morgan fingerprint density at radius 1 is 0.405 bits per heavy atom. The van der Waals surface area contributed by atoms with Gasteiger partial charge in [0.05, 0.1) is 52.4 Å². The van der Waals surface area contributed by atoms with Crippen LogP contribution >= 0.6 is 0 Å². The average molecular weight is 1050 g/mol. The number of likely N-dealkylation sites (tertiary alicyclic amines) is 2. The molecule has 0 spiro atoms. The number of carbonyl (C=O) groups excluding carboxylic acids is 7. The van der Waals surface area contributed by atoms with E-state index in [1.807, 2.05) is 7.05 Å². The summed E-state index contributed by atoms with van der Waals surface area (Å²) >= 11 is 0. The number of carbonyl (C=O) groups is 7. The molecule has 16 nitrogen and oxygen atoms in total. The van der Waals surface area contributed by atoms with Crippen molar-refractivity contribution in [2.24, 2.45) is 11.8 Å². The third-order valence-corrected chi connectivity index (χ3v) is 13.9. The molecule has 2 fully saturated rings. The van der Waals surface area contributed by atoms with E-state index in [4.69, 9.17) is 33.2 Å². The van der Waals surface area contributed by atoms with Crippen LogP contribution in [-0.4, -0.2) is 130 Å². The Labute approximate surface area is 446 Å². The molecule has 428 valence electrons. The molecule has 2 rings (SSSR count). The fraction of sp³-hybridized carbons (Fsp3) is 0.879. The number of hydrogen-bond acceptors (Lipinski definition) is 15. The highest BCUT2D eigenvalue weighted by Crippen LogP contribution is 2.24. The fourth-order valence-corrected chi connectivity index (χ4v) is 9.28. The van der Waals surface area contributed by atoms with Crippen LogP contribution < -0.4 is 0 Å². The molecule has 2 heterocycles. The van der Waals surface area contributed by atoms with Gasteiger partial charge in [-0.15, -0.1) is 0 Å². The van der Waals surface area contributed by atoms with Gasteiger partial charge in [0, 0.05) is 44.1 Å². The van der Waals surface area contributed by atoms with Gasteiger partial charge in [-0.25, -0.2) is 4.79 Å². The monoisotopic (exact) mass is 1050 g/mol. The molecule has 0 radical (unpaired) electrons. The van der Waals surface area contributed by atoms with E-state index >= 15 is 0 Å². The molecule has 2 aliphatic heterocycles. The molecule has 2 saturated heterocycles. The summed E-state index contributed by atoms with van der Waals surface area (Å²) in [6.07, 6.45) is 24.0. The molecular formula is C58H102N2O14. The molecular weight excluding hydrogens is 949 g/mol. The summed E-state index contributed by atoms with van der Waals surface area (Å²) < 4.78 is 40.4. The van der Waals surface area contributed by atoms with Crippen molar-refractivity contribution in [3.05, 3.63) is 0 Å². The molecule has 0 aromatic rings. The SMILES string of the molecule is CCCCCCCCC(=O)OCC(COC(=O)CCCCCCCC)CC(=O)O[C@H]1CN(C(=O)OC2CCCCN(C)C2)C[C@@H]1OC(=O)CC(COC(=O)CCCCCCCC)COC(=O)CCCCCCCC. The molecule has 0 aromatic carbocycles. The number of esters is 6. The van der Waals surface area contributed by atoms with Crippen LogP contribution in [0.2, 0.25) is 0 Å². The number of likely N-dealkylation sites (N-methyl/N-ethyl adjacent to an activating group) is 1. The van der Waals surface area contributed by atoms with Crippen molar-refractivity contribution in [2.75, 3.05) is 59.7 Å². The second kappa shape index (κ2) is 43.2. The van der Waals surface area contributed by atoms with Crippen molar-refractivity contribution in [2.45, 2.75) is 258 Å². The normalized spacial score (nSPS) is 17.0. The lowest BCUT2D eigenvalue weighted by Crippen LogP contribution is -2.37. The molecule has 0 bridgehead atoms. The number of nitrogens with zero attached hydrogens (tertiary/aromatic N) is 2. The summed E-state index contributed by atoms with van der Waals surface area (Å²) in [6.45, 7) is 9.16. The van der Waals surface area contributed by atoms with E-state index in [0.29, 0.717) is 38.6 Å². The summed E-state index contributed by atoms with van der Waals surface area (Å²) in [6, 6.07) is 0. The molecule has 0 aromatic heterocycles. The van der Waals surface area contributed by atoms with Gasteiger partial charge in [0.15, 0.2) is 12.2 Å². The second-order valence-corrected chi connectivity index (χ2v) is 21.2. The van der Waals surface area contributed by atoms with Crippen LogP contribution in [0.1, 0.15) is 240 Å². The van der Waals surface area contributed by atoms with E-state index in [9.17, 15) is 33.6 Å². The number of rotatable bonds is 43. The van der Waals surface area contributed by atoms with Gasteiger partial charge in [0.25, 0.3) is 0 Å². The van der Waals surface area contributed by atoms with Crippen LogP contribution in [0.3, 0.4) is 0 Å². The maximum absolute atomic E-state index is 13.9. The molecule has 2 aliphatic rings. The molecule has 1 unspecified atom stereocenters. The Bertz CT molecular complexity index is 1390. The highest BCUT2D eigenvalue weighted by atomic mass is 16.6. The van der Waals surface area contributed by atoms with Gasteiger partial charge < -0.3 is 43.0 Å². The van der Waals surface area contributed by atoms with Crippen molar-refractivity contribution in [1.82, 2.24) is 9.80 Å². The fourth-order valence-electron chi connectivity index (χ4n) is 9.28. The van der Waals surface area contributed by atoms with Crippen molar-refractivity contribution in [3.63, 3.8) is 0 Å². The predicted octanol–water partition coefficient (Wildman–Crippen LogP) is 11.9. The minimum absolute atomic E-state index is 0.119. The third kappa shape index (κ3) is 33.9. The smallest absolute Gasteiger partial charge is 0.410 e. The van der Waals surface area contributed by atoms with Crippen LogP contribution in [0.4, 0.5) is 4.79 Å². The first-order chi connectivity index (χ1) is 35.9. The maximum Gasteiger partial charge on any atom is 0.410 e. The Hall–Kier alpha value is -3.95. The lowest BCUT2D eigenvalue weighted by atomic mass is 10.1. The summed E-state index contributed by atoms with van der Waals surface area (Å²) in [7, 11) is 1.98. The largest absolute Gasteiger partial charge is 0.465 e. The highest BCUT2D eigenvalue weighted by Gasteiger charge is 2.42. The summed E-state index contributed by atoms with van der Waals surface area (Å²) in [5.74, 6) is -4.44. The Kier molecular flexibility index (Phi) is 38.6. The minimum atomic E-state index is -1.09. The quantitative estimate of drug-likeness (QED) is 0.0318. The molecule has 3 atom stereocenters. The number of unbranched alkanes of at least 4 members (excludes halogenated alkanes) is 20. The molecule has 0 aliphatic carbocycles. The number of amides is 1. The lowest BCUT2D eigenvalue weighted by molar-refractivity contribution is -0.167. The molecule has 0 saturated carbocycles. The zero-order chi connectivity index (χ0) is 54.0. The lowest BCUT2D eigenvalue weighted by Gasteiger charge is -2.23. The van der Waals surface area contributed by atoms with Gasteiger partial charge in [-0.3, -0.25) is 28.8 Å². The van der Waals surface area contributed by atoms with E-state index in [1.54, 1.807) is 0 Å². The molecule has 16 heteroatoms. The number of ether oxygens (including phenoxy) is 7. The Morgan fingerprint density at radius 2 is 0.730 bits per heavy atom. The van der Waals surface area contributed by atoms with Gasteiger partial charge in [-0.2, -0.15) is 0 Å². The summed E-state index contributed by atoms with van der Waals surface area (Å²) in [4.78, 5) is 96.2. The van der Waals surface area contributed by atoms with Gasteiger partial charge in [0.2, 0.25) is 0 Å². The van der Waals surface area contributed by atoms with Crippen LogP contribution in [-0.2, 0) is 61.9 Å². The van der Waals surface area contributed by atoms with Gasteiger partial charge in [-0.1, -0.05) is 156 Å². The molecule has 1 amide bonds.